The summed E-state index contributed by atoms with van der Waals surface area (Å²) >= 11 is 1.30. The first-order valence-electron chi connectivity index (χ1n) is 7.45. The minimum Gasteiger partial charge on any atom is -0.337 e. The molecule has 0 aliphatic carbocycles. The summed E-state index contributed by atoms with van der Waals surface area (Å²) in [5, 5.41) is -0.538. The molecular formula is C16H18N2O3S2. The van der Waals surface area contributed by atoms with E-state index in [0.717, 1.165) is 5.56 Å². The number of sulfone groups is 1. The van der Waals surface area contributed by atoms with E-state index in [1.54, 1.807) is 17.3 Å². The van der Waals surface area contributed by atoms with Crippen LogP contribution >= 0.6 is 11.3 Å². The average molecular weight is 350 g/mol. The lowest BCUT2D eigenvalue weighted by molar-refractivity contribution is 0.0770. The van der Waals surface area contributed by atoms with Crippen LogP contribution in [-0.2, 0) is 9.84 Å². The fourth-order valence-electron chi connectivity index (χ4n) is 2.84. The molecule has 7 heteroatoms. The Bertz CT molecular complexity index is 800. The predicted molar refractivity (Wildman–Crippen MR) is 90.3 cm³/mol. The Labute approximate surface area is 139 Å². The molecule has 23 heavy (non-hydrogen) atoms. The standard InChI is InChI=1S/C16H18N2O3S2/c1-12-15(22-11-17-12)16(19)18-8-7-14(23(20,21)10-9-18)13-5-3-2-4-6-13/h2-6,11,14H,7-10H2,1H3/t14-/m0/s1. The minimum atomic E-state index is -3.26. The van der Waals surface area contributed by atoms with Crippen LogP contribution in [0.5, 0.6) is 0 Å². The Hall–Kier alpha value is -1.73. The third-order valence-corrected chi connectivity index (χ3v) is 7.18. The van der Waals surface area contributed by atoms with Gasteiger partial charge in [0.15, 0.2) is 9.84 Å². The van der Waals surface area contributed by atoms with Crippen LogP contribution in [0.3, 0.4) is 0 Å². The Balaban J connectivity index is 1.83. The maximum atomic E-state index is 12.6. The fraction of sp³-hybridized carbons (Fsp3) is 0.375. The number of benzene rings is 1. The number of amides is 1. The molecule has 1 fully saturated rings. The summed E-state index contributed by atoms with van der Waals surface area (Å²) in [6, 6.07) is 9.24. The van der Waals surface area contributed by atoms with Crippen molar-refractivity contribution in [2.45, 2.75) is 18.6 Å². The van der Waals surface area contributed by atoms with Crippen molar-refractivity contribution in [3.63, 3.8) is 0 Å². The van der Waals surface area contributed by atoms with Crippen molar-refractivity contribution in [2.75, 3.05) is 18.8 Å². The molecule has 0 unspecified atom stereocenters. The largest absolute Gasteiger partial charge is 0.337 e. The monoisotopic (exact) mass is 350 g/mol. The number of hydrogen-bond donors (Lipinski definition) is 0. The third kappa shape index (κ3) is 3.30. The third-order valence-electron chi connectivity index (χ3n) is 4.14. The summed E-state index contributed by atoms with van der Waals surface area (Å²) < 4.78 is 25.2. The highest BCUT2D eigenvalue weighted by Crippen LogP contribution is 2.30. The van der Waals surface area contributed by atoms with Gasteiger partial charge in [0.05, 0.1) is 22.2 Å². The molecule has 1 saturated heterocycles. The van der Waals surface area contributed by atoms with Crippen LogP contribution in [0.2, 0.25) is 0 Å². The summed E-state index contributed by atoms with van der Waals surface area (Å²) in [5.74, 6) is -0.121. The van der Waals surface area contributed by atoms with E-state index >= 15 is 0 Å². The van der Waals surface area contributed by atoms with Crippen LogP contribution in [0.25, 0.3) is 0 Å². The molecule has 2 aromatic rings. The molecule has 5 nitrogen and oxygen atoms in total. The maximum absolute atomic E-state index is 12.6. The Kier molecular flexibility index (Phi) is 4.50. The molecule has 1 aromatic carbocycles. The van der Waals surface area contributed by atoms with Crippen molar-refractivity contribution in [1.82, 2.24) is 9.88 Å². The van der Waals surface area contributed by atoms with Gasteiger partial charge in [-0.2, -0.15) is 0 Å². The molecule has 1 atom stereocenters. The van der Waals surface area contributed by atoms with Gasteiger partial charge < -0.3 is 4.90 Å². The molecular weight excluding hydrogens is 332 g/mol. The van der Waals surface area contributed by atoms with Gasteiger partial charge in [0.25, 0.3) is 5.91 Å². The van der Waals surface area contributed by atoms with Gasteiger partial charge in [-0.05, 0) is 18.9 Å². The smallest absolute Gasteiger partial charge is 0.265 e. The molecule has 1 aliphatic heterocycles. The van der Waals surface area contributed by atoms with E-state index in [1.165, 1.54) is 11.3 Å². The van der Waals surface area contributed by atoms with Gasteiger partial charge in [-0.1, -0.05) is 30.3 Å². The van der Waals surface area contributed by atoms with Crippen LogP contribution in [0.15, 0.2) is 35.8 Å². The Morgan fingerprint density at radius 2 is 2.00 bits per heavy atom. The second kappa shape index (κ2) is 6.41. The molecule has 0 spiro atoms. The van der Waals surface area contributed by atoms with E-state index in [0.29, 0.717) is 23.5 Å². The van der Waals surface area contributed by atoms with Gasteiger partial charge in [-0.15, -0.1) is 11.3 Å². The molecule has 0 radical (unpaired) electrons. The summed E-state index contributed by atoms with van der Waals surface area (Å²) in [6.07, 6.45) is 0.427. The van der Waals surface area contributed by atoms with Crippen molar-refractivity contribution < 1.29 is 13.2 Å². The number of aromatic nitrogens is 1. The van der Waals surface area contributed by atoms with Crippen molar-refractivity contribution >= 4 is 27.1 Å². The predicted octanol–water partition coefficient (Wildman–Crippen LogP) is 2.45. The van der Waals surface area contributed by atoms with Crippen LogP contribution in [0, 0.1) is 6.92 Å². The van der Waals surface area contributed by atoms with Crippen LogP contribution in [0.1, 0.15) is 32.6 Å². The highest BCUT2D eigenvalue weighted by atomic mass is 32.2. The lowest BCUT2D eigenvalue weighted by Crippen LogP contribution is -2.33. The quantitative estimate of drug-likeness (QED) is 0.834. The Morgan fingerprint density at radius 1 is 1.26 bits per heavy atom. The van der Waals surface area contributed by atoms with Crippen molar-refractivity contribution in [3.8, 4) is 0 Å². The number of carbonyl (C=O) groups excluding carboxylic acids is 1. The summed E-state index contributed by atoms with van der Waals surface area (Å²) in [5.41, 5.74) is 3.15. The van der Waals surface area contributed by atoms with Crippen molar-refractivity contribution in [3.05, 3.63) is 52.0 Å². The van der Waals surface area contributed by atoms with E-state index in [-0.39, 0.29) is 18.2 Å². The number of thiazole rings is 1. The molecule has 0 N–H and O–H groups in total. The fourth-order valence-corrected chi connectivity index (χ4v) is 5.40. The van der Waals surface area contributed by atoms with E-state index < -0.39 is 15.1 Å². The molecule has 122 valence electrons. The zero-order valence-electron chi connectivity index (χ0n) is 12.8. The lowest BCUT2D eigenvalue weighted by atomic mass is 10.1. The minimum absolute atomic E-state index is 0.00382. The summed E-state index contributed by atoms with van der Waals surface area (Å²) in [4.78, 5) is 18.9. The Morgan fingerprint density at radius 3 is 2.65 bits per heavy atom. The van der Waals surface area contributed by atoms with Crippen molar-refractivity contribution in [1.29, 1.82) is 0 Å². The topological polar surface area (TPSA) is 67.3 Å². The molecule has 1 aliphatic rings. The highest BCUT2D eigenvalue weighted by Gasteiger charge is 2.33. The average Bonchev–Trinajstić information content (AvgIpc) is 2.89. The molecule has 1 amide bonds. The number of nitrogens with zero attached hydrogens (tertiary/aromatic N) is 2. The van der Waals surface area contributed by atoms with Gasteiger partial charge in [0.2, 0.25) is 0 Å². The van der Waals surface area contributed by atoms with Crippen LogP contribution in [0.4, 0.5) is 0 Å². The van der Waals surface area contributed by atoms with Crippen molar-refractivity contribution in [2.24, 2.45) is 0 Å². The number of aryl methyl sites for hydroxylation is 1. The highest BCUT2D eigenvalue weighted by molar-refractivity contribution is 7.91. The first kappa shape index (κ1) is 16.1. The normalized spacial score (nSPS) is 20.9. The molecule has 0 bridgehead atoms. The van der Waals surface area contributed by atoms with Gasteiger partial charge in [0, 0.05) is 13.1 Å². The van der Waals surface area contributed by atoms with Gasteiger partial charge in [-0.25, -0.2) is 13.4 Å². The molecule has 3 rings (SSSR count). The van der Waals surface area contributed by atoms with E-state index in [2.05, 4.69) is 4.98 Å². The van der Waals surface area contributed by atoms with E-state index in [4.69, 9.17) is 0 Å². The zero-order chi connectivity index (χ0) is 16.4. The summed E-state index contributed by atoms with van der Waals surface area (Å²) in [7, 11) is -3.26. The van der Waals surface area contributed by atoms with Crippen LogP contribution in [-0.4, -0.2) is 43.1 Å². The number of hydrogen-bond acceptors (Lipinski definition) is 5. The molecule has 1 aromatic heterocycles. The zero-order valence-corrected chi connectivity index (χ0v) is 14.4. The molecule has 2 heterocycles. The number of rotatable bonds is 2. The number of carbonyl (C=O) groups is 1. The van der Waals surface area contributed by atoms with Gasteiger partial charge >= 0.3 is 0 Å². The van der Waals surface area contributed by atoms with Gasteiger partial charge in [0.1, 0.15) is 4.88 Å². The van der Waals surface area contributed by atoms with Gasteiger partial charge in [-0.3, -0.25) is 4.79 Å². The van der Waals surface area contributed by atoms with Crippen LogP contribution < -0.4 is 0 Å². The second-order valence-electron chi connectivity index (χ2n) is 5.61. The summed E-state index contributed by atoms with van der Waals surface area (Å²) in [6.45, 7) is 2.47. The first-order valence-corrected chi connectivity index (χ1v) is 10.0. The maximum Gasteiger partial charge on any atom is 0.265 e. The van der Waals surface area contributed by atoms with E-state index in [9.17, 15) is 13.2 Å². The SMILES string of the molecule is Cc1ncsc1C(=O)N1CC[C@@H](c2ccccc2)S(=O)(=O)CC1. The second-order valence-corrected chi connectivity index (χ2v) is 8.77. The molecule has 0 saturated carbocycles. The lowest BCUT2D eigenvalue weighted by Gasteiger charge is -2.19. The van der Waals surface area contributed by atoms with E-state index in [1.807, 2.05) is 30.3 Å². The first-order chi connectivity index (χ1) is 11.0.